The molecule has 44 heavy (non-hydrogen) atoms. The SMILES string of the molecule is c1ccc(-c2ccnc(-c3ccnc(-n4c5ccccc5c5cc(-c6ccc7oc8ccccc8c7c6)ccc54)n3)n2)cc1. The third-order valence-electron chi connectivity index (χ3n) is 8.18. The fourth-order valence-corrected chi connectivity index (χ4v) is 6.11. The number of aromatic nitrogens is 5. The van der Waals surface area contributed by atoms with Crippen LogP contribution in [0.15, 0.2) is 144 Å². The van der Waals surface area contributed by atoms with Gasteiger partial charge in [0, 0.05) is 39.5 Å². The van der Waals surface area contributed by atoms with Gasteiger partial charge in [0.2, 0.25) is 5.95 Å². The first kappa shape index (κ1) is 24.5. The average Bonchev–Trinajstić information content (AvgIpc) is 3.64. The Morgan fingerprint density at radius 2 is 1.14 bits per heavy atom. The zero-order valence-electron chi connectivity index (χ0n) is 23.4. The van der Waals surface area contributed by atoms with Crippen molar-refractivity contribution in [3.63, 3.8) is 0 Å². The second kappa shape index (κ2) is 9.71. The molecule has 9 aromatic rings. The topological polar surface area (TPSA) is 69.6 Å². The van der Waals surface area contributed by atoms with Gasteiger partial charge in [-0.15, -0.1) is 0 Å². The summed E-state index contributed by atoms with van der Waals surface area (Å²) in [6.45, 7) is 0. The van der Waals surface area contributed by atoms with Gasteiger partial charge >= 0.3 is 0 Å². The van der Waals surface area contributed by atoms with E-state index in [9.17, 15) is 0 Å². The average molecular weight is 566 g/mol. The van der Waals surface area contributed by atoms with Crippen LogP contribution in [0, 0.1) is 0 Å². The van der Waals surface area contributed by atoms with Crippen LogP contribution >= 0.6 is 0 Å². The number of nitrogens with zero attached hydrogens (tertiary/aromatic N) is 5. The first-order chi connectivity index (χ1) is 21.8. The fraction of sp³-hybridized carbons (Fsp3) is 0. The number of hydrogen-bond acceptors (Lipinski definition) is 5. The molecule has 0 N–H and O–H groups in total. The molecule has 0 saturated carbocycles. The molecular formula is C38H23N5O. The van der Waals surface area contributed by atoms with Crippen molar-refractivity contribution in [2.75, 3.05) is 0 Å². The second-order valence-corrected chi connectivity index (χ2v) is 10.8. The molecule has 0 aliphatic carbocycles. The van der Waals surface area contributed by atoms with Crippen LogP contribution in [0.3, 0.4) is 0 Å². The molecule has 0 fully saturated rings. The summed E-state index contributed by atoms with van der Waals surface area (Å²) in [5.74, 6) is 1.13. The summed E-state index contributed by atoms with van der Waals surface area (Å²) >= 11 is 0. The van der Waals surface area contributed by atoms with Crippen LogP contribution in [0.25, 0.3) is 83.6 Å². The van der Waals surface area contributed by atoms with Gasteiger partial charge in [-0.05, 0) is 59.7 Å². The van der Waals surface area contributed by atoms with Crippen LogP contribution in [0.4, 0.5) is 0 Å². The number of furan rings is 1. The van der Waals surface area contributed by atoms with Crippen molar-refractivity contribution in [2.45, 2.75) is 0 Å². The maximum atomic E-state index is 6.07. The van der Waals surface area contributed by atoms with Crippen molar-refractivity contribution in [1.29, 1.82) is 0 Å². The molecule has 0 atom stereocenters. The maximum absolute atomic E-state index is 6.07. The molecule has 0 spiro atoms. The largest absolute Gasteiger partial charge is 0.456 e. The zero-order valence-corrected chi connectivity index (χ0v) is 23.4. The Morgan fingerprint density at radius 3 is 2.05 bits per heavy atom. The minimum absolute atomic E-state index is 0.556. The van der Waals surface area contributed by atoms with Crippen molar-refractivity contribution >= 4 is 43.7 Å². The summed E-state index contributed by atoms with van der Waals surface area (Å²) < 4.78 is 8.18. The predicted octanol–water partition coefficient (Wildman–Crippen LogP) is 9.26. The monoisotopic (exact) mass is 565 g/mol. The Kier molecular flexibility index (Phi) is 5.40. The van der Waals surface area contributed by atoms with E-state index in [1.165, 1.54) is 0 Å². The van der Waals surface area contributed by atoms with E-state index in [4.69, 9.17) is 19.4 Å². The Balaban J connectivity index is 1.18. The molecule has 0 bridgehead atoms. The molecule has 4 heterocycles. The van der Waals surface area contributed by atoms with Gasteiger partial charge in [-0.3, -0.25) is 4.57 Å². The van der Waals surface area contributed by atoms with Crippen molar-refractivity contribution in [3.8, 4) is 39.9 Å². The molecule has 0 aliphatic heterocycles. The lowest BCUT2D eigenvalue weighted by Gasteiger charge is -2.08. The minimum atomic E-state index is 0.556. The molecule has 206 valence electrons. The van der Waals surface area contributed by atoms with E-state index in [0.29, 0.717) is 17.5 Å². The van der Waals surface area contributed by atoms with E-state index in [2.05, 4.69) is 70.2 Å². The van der Waals surface area contributed by atoms with Gasteiger partial charge in [-0.1, -0.05) is 78.9 Å². The van der Waals surface area contributed by atoms with E-state index in [1.54, 1.807) is 12.4 Å². The van der Waals surface area contributed by atoms with Crippen LogP contribution in [0.1, 0.15) is 0 Å². The van der Waals surface area contributed by atoms with Gasteiger partial charge < -0.3 is 4.42 Å². The van der Waals surface area contributed by atoms with Crippen LogP contribution in [-0.4, -0.2) is 24.5 Å². The lowest BCUT2D eigenvalue weighted by molar-refractivity contribution is 0.669. The molecule has 9 rings (SSSR count). The molecule has 0 amide bonds. The molecule has 0 saturated heterocycles. The second-order valence-electron chi connectivity index (χ2n) is 10.8. The zero-order chi connectivity index (χ0) is 29.0. The molecule has 6 heteroatoms. The summed E-state index contributed by atoms with van der Waals surface area (Å²) in [5, 5.41) is 4.50. The van der Waals surface area contributed by atoms with E-state index in [-0.39, 0.29) is 0 Å². The molecular weight excluding hydrogens is 542 g/mol. The highest BCUT2D eigenvalue weighted by molar-refractivity contribution is 6.11. The van der Waals surface area contributed by atoms with Gasteiger partial charge in [0.1, 0.15) is 16.9 Å². The number of fused-ring (bicyclic) bond motifs is 6. The maximum Gasteiger partial charge on any atom is 0.235 e. The van der Waals surface area contributed by atoms with Crippen LogP contribution in [0.2, 0.25) is 0 Å². The summed E-state index contributed by atoms with van der Waals surface area (Å²) in [4.78, 5) is 19.1. The first-order valence-corrected chi connectivity index (χ1v) is 14.5. The van der Waals surface area contributed by atoms with Crippen molar-refractivity contribution in [2.24, 2.45) is 0 Å². The lowest BCUT2D eigenvalue weighted by atomic mass is 10.0. The molecule has 0 unspecified atom stereocenters. The third-order valence-corrected chi connectivity index (χ3v) is 8.18. The van der Waals surface area contributed by atoms with Crippen LogP contribution in [0.5, 0.6) is 0 Å². The highest BCUT2D eigenvalue weighted by Crippen LogP contribution is 2.36. The van der Waals surface area contributed by atoms with Crippen molar-refractivity contribution in [3.05, 3.63) is 140 Å². The quantitative estimate of drug-likeness (QED) is 0.213. The van der Waals surface area contributed by atoms with Gasteiger partial charge in [-0.25, -0.2) is 19.9 Å². The smallest absolute Gasteiger partial charge is 0.235 e. The minimum Gasteiger partial charge on any atom is -0.456 e. The Hall–Kier alpha value is -6.14. The molecule has 4 aromatic heterocycles. The normalized spacial score (nSPS) is 11.6. The first-order valence-electron chi connectivity index (χ1n) is 14.5. The van der Waals surface area contributed by atoms with Crippen molar-refractivity contribution < 1.29 is 4.42 Å². The number of benzene rings is 5. The van der Waals surface area contributed by atoms with E-state index in [0.717, 1.165) is 66.1 Å². The van der Waals surface area contributed by atoms with Crippen molar-refractivity contribution in [1.82, 2.24) is 24.5 Å². The Morgan fingerprint density at radius 1 is 0.455 bits per heavy atom. The highest BCUT2D eigenvalue weighted by Gasteiger charge is 2.17. The number of hydrogen-bond donors (Lipinski definition) is 0. The van der Waals surface area contributed by atoms with Gasteiger partial charge in [0.05, 0.1) is 16.7 Å². The summed E-state index contributed by atoms with van der Waals surface area (Å²) in [6, 6.07) is 43.4. The van der Waals surface area contributed by atoms with E-state index < -0.39 is 0 Å². The fourth-order valence-electron chi connectivity index (χ4n) is 6.11. The van der Waals surface area contributed by atoms with Crippen LogP contribution in [-0.2, 0) is 0 Å². The Labute approximate surface area is 251 Å². The van der Waals surface area contributed by atoms with Gasteiger partial charge in [0.15, 0.2) is 5.82 Å². The molecule has 0 aliphatic rings. The lowest BCUT2D eigenvalue weighted by Crippen LogP contribution is -2.03. The van der Waals surface area contributed by atoms with Gasteiger partial charge in [-0.2, -0.15) is 0 Å². The summed E-state index contributed by atoms with van der Waals surface area (Å²) in [7, 11) is 0. The van der Waals surface area contributed by atoms with E-state index in [1.807, 2.05) is 66.7 Å². The predicted molar refractivity (Wildman–Crippen MR) is 176 cm³/mol. The Bertz CT molecular complexity index is 2510. The molecule has 6 nitrogen and oxygen atoms in total. The third kappa shape index (κ3) is 3.89. The number of rotatable bonds is 4. The summed E-state index contributed by atoms with van der Waals surface area (Å²) in [6.07, 6.45) is 3.55. The standard InChI is InChI=1S/C38H23N5O/c1-2-8-24(9-3-1)31-18-20-39-37(41-31)32-19-21-40-38(42-32)43-33-12-6-4-10-27(33)29-22-25(14-16-34(29)43)26-15-17-36-30(23-26)28-11-5-7-13-35(28)44-36/h1-23H. The highest BCUT2D eigenvalue weighted by atomic mass is 16.3. The van der Waals surface area contributed by atoms with Crippen LogP contribution < -0.4 is 0 Å². The van der Waals surface area contributed by atoms with E-state index >= 15 is 0 Å². The number of para-hydroxylation sites is 2. The van der Waals surface area contributed by atoms with Gasteiger partial charge in [0.25, 0.3) is 0 Å². The summed E-state index contributed by atoms with van der Waals surface area (Å²) in [5.41, 5.74) is 8.67. The molecule has 0 radical (unpaired) electrons. The molecule has 5 aromatic carbocycles.